The first kappa shape index (κ1) is 25.7. The first-order valence-corrected chi connectivity index (χ1v) is 14.1. The summed E-state index contributed by atoms with van der Waals surface area (Å²) in [5.74, 6) is 0.868. The molecule has 5 N–H and O–H groups in total. The van der Waals surface area contributed by atoms with Crippen LogP contribution in [-0.2, 0) is 15.4 Å². The summed E-state index contributed by atoms with van der Waals surface area (Å²) in [5.41, 5.74) is 8.12. The van der Waals surface area contributed by atoms with Crippen LogP contribution in [-0.4, -0.2) is 81.9 Å². The average molecular weight is 537 g/mol. The van der Waals surface area contributed by atoms with E-state index < -0.39 is 15.4 Å². The summed E-state index contributed by atoms with van der Waals surface area (Å²) in [5, 5.41) is 17.2. The second-order valence-electron chi connectivity index (χ2n) is 9.56. The lowest BCUT2D eigenvalue weighted by Gasteiger charge is -2.41. The molecule has 2 aliphatic rings. The number of hydrogen-bond acceptors (Lipinski definition) is 9. The van der Waals surface area contributed by atoms with Gasteiger partial charge in [0.05, 0.1) is 24.1 Å². The van der Waals surface area contributed by atoms with Crippen LogP contribution in [0.2, 0.25) is 0 Å². The maximum Gasteiger partial charge on any atom is 0.386 e. The number of amidine groups is 1. The maximum atomic E-state index is 11.7. The zero-order valence-electron chi connectivity index (χ0n) is 21.0. The zero-order valence-corrected chi connectivity index (χ0v) is 21.8. The number of anilines is 2. The van der Waals surface area contributed by atoms with Crippen molar-refractivity contribution in [2.24, 2.45) is 4.99 Å². The van der Waals surface area contributed by atoms with Crippen molar-refractivity contribution in [3.63, 3.8) is 0 Å². The van der Waals surface area contributed by atoms with Crippen molar-refractivity contribution >= 4 is 33.5 Å². The Hall–Kier alpha value is -3.97. The minimum Gasteiger partial charge on any atom is -0.577 e. The molecule has 3 aromatic rings. The predicted molar refractivity (Wildman–Crippen MR) is 146 cm³/mol. The van der Waals surface area contributed by atoms with Crippen LogP contribution in [0.15, 0.2) is 54.0 Å². The third-order valence-electron chi connectivity index (χ3n) is 7.24. The number of rotatable bonds is 6. The molecule has 198 valence electrons. The van der Waals surface area contributed by atoms with E-state index in [-0.39, 0.29) is 23.4 Å². The van der Waals surface area contributed by atoms with Crippen LogP contribution < -0.4 is 10.6 Å². The van der Waals surface area contributed by atoms with Gasteiger partial charge in [0.1, 0.15) is 11.7 Å². The summed E-state index contributed by atoms with van der Waals surface area (Å²) < 4.78 is 24.9. The van der Waals surface area contributed by atoms with E-state index in [1.165, 1.54) is 16.8 Å². The number of benzene rings is 1. The molecule has 13 heteroatoms. The van der Waals surface area contributed by atoms with Gasteiger partial charge < -0.3 is 15.7 Å². The molecule has 2 fully saturated rings. The standard InChI is InChI=1S/C25H29N9O3S/c1-38(36,37)34-11-9-33(10-12-34)21-16-28-20(15-29-21)22(35)32-23(26)25(7-2-8-25)19-5-3-17(4-6-19)18-13-30-24(27)31-14-18/h3-6,13-16H,2,7-12H2,1H3,(H2,26,32,35)(H2,27,30,31)/p+1. The maximum absolute atomic E-state index is 11.7. The number of piperazine rings is 1. The fourth-order valence-corrected chi connectivity index (χ4v) is 5.62. The highest BCUT2D eigenvalue weighted by molar-refractivity contribution is 7.88. The quantitative estimate of drug-likeness (QED) is 0.268. The highest BCUT2D eigenvalue weighted by Crippen LogP contribution is 2.45. The van der Waals surface area contributed by atoms with Crippen molar-refractivity contribution in [1.29, 1.82) is 5.41 Å². The molecule has 1 aliphatic carbocycles. The normalized spacial score (nSPS) is 18.1. The molecular weight excluding hydrogens is 506 g/mol. The molecule has 0 radical (unpaired) electrons. The van der Waals surface area contributed by atoms with E-state index in [1.807, 2.05) is 29.2 Å². The van der Waals surface area contributed by atoms with E-state index >= 15 is 0 Å². The van der Waals surface area contributed by atoms with E-state index in [2.05, 4.69) is 24.9 Å². The number of nitrogens with two attached hydrogens (primary N) is 1. The number of aliphatic imine (C=N–C) groups is 1. The fourth-order valence-electron chi connectivity index (χ4n) is 4.79. The third kappa shape index (κ3) is 5.07. The van der Waals surface area contributed by atoms with Crippen LogP contribution in [0.3, 0.4) is 0 Å². The van der Waals surface area contributed by atoms with Gasteiger partial charge in [0.2, 0.25) is 16.0 Å². The van der Waals surface area contributed by atoms with Gasteiger partial charge in [-0.05, 0) is 24.0 Å². The van der Waals surface area contributed by atoms with Crippen LogP contribution in [0.4, 0.5) is 11.8 Å². The second kappa shape index (κ2) is 10.1. The average Bonchev–Trinajstić information content (AvgIpc) is 2.89. The van der Waals surface area contributed by atoms with Crippen LogP contribution in [0.5, 0.6) is 0 Å². The summed E-state index contributed by atoms with van der Waals surface area (Å²) in [6.07, 6.45) is 10.2. The molecule has 3 heterocycles. The summed E-state index contributed by atoms with van der Waals surface area (Å²) in [4.78, 5) is 23.2. The highest BCUT2D eigenvalue weighted by Gasteiger charge is 2.43. The summed E-state index contributed by atoms with van der Waals surface area (Å²) in [6, 6.07) is 7.94. The van der Waals surface area contributed by atoms with E-state index in [1.54, 1.807) is 18.6 Å². The van der Waals surface area contributed by atoms with Crippen molar-refractivity contribution in [2.45, 2.75) is 24.7 Å². The number of sulfonamides is 1. The molecule has 0 unspecified atom stereocenters. The summed E-state index contributed by atoms with van der Waals surface area (Å²) >= 11 is 0. The monoisotopic (exact) mass is 536 g/mol. The van der Waals surface area contributed by atoms with Crippen LogP contribution >= 0.6 is 0 Å². The number of nitrogen functional groups attached to an aromatic ring is 1. The predicted octanol–water partition coefficient (Wildman–Crippen LogP) is 1.17. The van der Waals surface area contributed by atoms with Crippen LogP contribution in [0.1, 0.15) is 30.5 Å². The Balaban J connectivity index is 1.28. The Bertz CT molecular complexity index is 1450. The Kier molecular flexibility index (Phi) is 6.80. The molecule has 2 aromatic heterocycles. The molecule has 38 heavy (non-hydrogen) atoms. The first-order chi connectivity index (χ1) is 18.2. The van der Waals surface area contributed by atoms with Gasteiger partial charge in [-0.3, -0.25) is 5.41 Å². The number of hydrogen-bond donors (Lipinski definition) is 2. The van der Waals surface area contributed by atoms with Gasteiger partial charge in [-0.15, -0.1) is 4.99 Å². The van der Waals surface area contributed by atoms with Gasteiger partial charge in [-0.1, -0.05) is 30.7 Å². The van der Waals surface area contributed by atoms with Gasteiger partial charge in [0.25, 0.3) is 0 Å². The molecule has 1 aromatic carbocycles. The lowest BCUT2D eigenvalue weighted by Crippen LogP contribution is -2.48. The number of aromatic nitrogens is 4. The molecule has 0 amide bonds. The molecule has 12 nitrogen and oxygen atoms in total. The summed E-state index contributed by atoms with van der Waals surface area (Å²) in [6.45, 7) is 1.81. The van der Waals surface area contributed by atoms with E-state index in [0.29, 0.717) is 32.0 Å². The molecular formula is C25H30N9O3S+. The van der Waals surface area contributed by atoms with Crippen molar-refractivity contribution in [1.82, 2.24) is 24.2 Å². The largest absolute Gasteiger partial charge is 0.577 e. The van der Waals surface area contributed by atoms with Gasteiger partial charge in [0, 0.05) is 44.1 Å². The molecule has 1 saturated carbocycles. The van der Waals surface area contributed by atoms with E-state index in [4.69, 9.17) is 16.2 Å². The number of nitrogens with one attached hydrogen (secondary N) is 1. The lowest BCUT2D eigenvalue weighted by molar-refractivity contribution is 0.336. The van der Waals surface area contributed by atoms with Crippen molar-refractivity contribution < 1.29 is 13.5 Å². The number of nitrogens with zero attached hydrogens (tertiary/aromatic N) is 7. The Morgan fingerprint density at radius 2 is 1.63 bits per heavy atom. The summed E-state index contributed by atoms with van der Waals surface area (Å²) in [7, 11) is -3.21. The smallest absolute Gasteiger partial charge is 0.386 e. The molecule has 0 atom stereocenters. The van der Waals surface area contributed by atoms with Crippen molar-refractivity contribution in [3.05, 3.63) is 60.3 Å². The lowest BCUT2D eigenvalue weighted by atomic mass is 9.63. The highest BCUT2D eigenvalue weighted by atomic mass is 32.2. The van der Waals surface area contributed by atoms with Gasteiger partial charge in [-0.2, -0.15) is 4.31 Å². The van der Waals surface area contributed by atoms with Crippen molar-refractivity contribution in [3.8, 4) is 11.1 Å². The van der Waals surface area contributed by atoms with Gasteiger partial charge in [0.15, 0.2) is 5.69 Å². The topological polar surface area (TPSA) is 177 Å². The minimum atomic E-state index is -3.21. The molecule has 1 saturated heterocycles. The first-order valence-electron chi connectivity index (χ1n) is 12.3. The Morgan fingerprint density at radius 1 is 0.974 bits per heavy atom. The fraction of sp³-hybridized carbons (Fsp3) is 0.360. The molecule has 1 aliphatic heterocycles. The second-order valence-corrected chi connectivity index (χ2v) is 11.5. The van der Waals surface area contributed by atoms with Crippen molar-refractivity contribution in [2.75, 3.05) is 43.1 Å². The van der Waals surface area contributed by atoms with Crippen LogP contribution in [0.25, 0.3) is 11.1 Å². The third-order valence-corrected chi connectivity index (χ3v) is 8.54. The molecule has 0 bridgehead atoms. The van der Waals surface area contributed by atoms with Crippen LogP contribution in [0, 0.1) is 5.41 Å². The Morgan fingerprint density at radius 3 is 2.16 bits per heavy atom. The Labute approximate surface area is 220 Å². The van der Waals surface area contributed by atoms with E-state index in [9.17, 15) is 8.42 Å². The zero-order chi connectivity index (χ0) is 26.9. The van der Waals surface area contributed by atoms with Gasteiger partial charge in [-0.25, -0.2) is 28.4 Å². The minimum absolute atomic E-state index is 0.113. The van der Waals surface area contributed by atoms with Gasteiger partial charge >= 0.3 is 5.90 Å². The van der Waals surface area contributed by atoms with E-state index in [0.717, 1.165) is 36.0 Å². The molecule has 5 rings (SSSR count). The SMILES string of the molecule is CS(=O)(=O)N1CCN(c2cnc(C([OH2+])=NC(=N)C3(c4ccc(-c5cnc(N)nc5)cc4)CCC3)cn2)CC1. The molecule has 0 spiro atoms.